The highest BCUT2D eigenvalue weighted by atomic mass is 32.2. The zero-order valence-corrected chi connectivity index (χ0v) is 16.9. The number of sulfonamides is 1. The van der Waals surface area contributed by atoms with Crippen LogP contribution in [0, 0.1) is 0 Å². The van der Waals surface area contributed by atoms with Crippen LogP contribution in [0.25, 0.3) is 0 Å². The van der Waals surface area contributed by atoms with Crippen LogP contribution < -0.4 is 9.62 Å². The van der Waals surface area contributed by atoms with E-state index in [0.717, 1.165) is 18.4 Å². The number of carbonyl (C=O) groups is 1. The van der Waals surface area contributed by atoms with E-state index in [-0.39, 0.29) is 12.5 Å². The summed E-state index contributed by atoms with van der Waals surface area (Å²) in [6, 6.07) is 16.1. The van der Waals surface area contributed by atoms with Crippen LogP contribution >= 0.6 is 0 Å². The molecule has 0 fully saturated rings. The highest BCUT2D eigenvalue weighted by molar-refractivity contribution is 7.92. The standard InChI is InChI=1S/C22H26N2O3S/c1-28(26,27)24(17-19-10-6-3-7-11-19)21-14-12-20(13-15-21)22(25)23-16-18-8-4-2-5-9-18/h3,6-8,10-15H,2,4-5,9,16-17H2,1H3,(H,23,25). The Morgan fingerprint density at radius 1 is 1.04 bits per heavy atom. The molecule has 1 aliphatic carbocycles. The molecule has 1 N–H and O–H groups in total. The third-order valence-corrected chi connectivity index (χ3v) is 5.99. The number of carbonyl (C=O) groups excluding carboxylic acids is 1. The van der Waals surface area contributed by atoms with Gasteiger partial charge in [0.15, 0.2) is 0 Å². The normalized spacial score (nSPS) is 14.2. The second kappa shape index (κ2) is 9.06. The van der Waals surface area contributed by atoms with Gasteiger partial charge in [0, 0.05) is 12.1 Å². The Balaban J connectivity index is 1.70. The van der Waals surface area contributed by atoms with Gasteiger partial charge < -0.3 is 5.32 Å². The fourth-order valence-corrected chi connectivity index (χ4v) is 4.18. The van der Waals surface area contributed by atoms with Crippen molar-refractivity contribution >= 4 is 21.6 Å². The van der Waals surface area contributed by atoms with E-state index in [1.54, 1.807) is 24.3 Å². The van der Waals surface area contributed by atoms with E-state index in [4.69, 9.17) is 0 Å². The number of hydrogen-bond donors (Lipinski definition) is 1. The number of rotatable bonds is 7. The van der Waals surface area contributed by atoms with Gasteiger partial charge in [-0.05, 0) is 55.5 Å². The summed E-state index contributed by atoms with van der Waals surface area (Å²) in [6.45, 7) is 0.823. The van der Waals surface area contributed by atoms with Crippen molar-refractivity contribution in [3.8, 4) is 0 Å². The molecule has 0 aliphatic heterocycles. The van der Waals surface area contributed by atoms with Crippen molar-refractivity contribution in [2.24, 2.45) is 0 Å². The van der Waals surface area contributed by atoms with Crippen LogP contribution in [0.15, 0.2) is 66.2 Å². The molecule has 0 saturated carbocycles. The molecule has 5 nitrogen and oxygen atoms in total. The summed E-state index contributed by atoms with van der Waals surface area (Å²) in [4.78, 5) is 12.4. The summed E-state index contributed by atoms with van der Waals surface area (Å²) in [5, 5.41) is 2.95. The average molecular weight is 399 g/mol. The maximum atomic E-state index is 12.4. The van der Waals surface area contributed by atoms with E-state index in [2.05, 4.69) is 11.4 Å². The fraction of sp³-hybridized carbons (Fsp3) is 0.318. The van der Waals surface area contributed by atoms with Crippen LogP contribution in [-0.2, 0) is 16.6 Å². The van der Waals surface area contributed by atoms with E-state index in [1.807, 2.05) is 30.3 Å². The Bertz CT molecular complexity index is 936. The van der Waals surface area contributed by atoms with Gasteiger partial charge in [-0.3, -0.25) is 9.10 Å². The lowest BCUT2D eigenvalue weighted by atomic mass is 9.99. The van der Waals surface area contributed by atoms with Gasteiger partial charge in [-0.25, -0.2) is 8.42 Å². The number of anilines is 1. The fourth-order valence-electron chi connectivity index (χ4n) is 3.29. The van der Waals surface area contributed by atoms with Gasteiger partial charge in [-0.2, -0.15) is 0 Å². The average Bonchev–Trinajstić information content (AvgIpc) is 2.71. The Hall–Kier alpha value is -2.60. The minimum absolute atomic E-state index is 0.146. The lowest BCUT2D eigenvalue weighted by Gasteiger charge is -2.22. The molecule has 1 aliphatic rings. The molecule has 3 rings (SSSR count). The molecule has 0 radical (unpaired) electrons. The van der Waals surface area contributed by atoms with Crippen molar-refractivity contribution in [3.63, 3.8) is 0 Å². The van der Waals surface area contributed by atoms with E-state index in [1.165, 1.54) is 29.0 Å². The van der Waals surface area contributed by atoms with E-state index < -0.39 is 10.0 Å². The van der Waals surface area contributed by atoms with Crippen molar-refractivity contribution in [1.29, 1.82) is 0 Å². The number of hydrogen-bond acceptors (Lipinski definition) is 3. The monoisotopic (exact) mass is 398 g/mol. The third-order valence-electron chi connectivity index (χ3n) is 4.85. The molecule has 0 atom stereocenters. The Morgan fingerprint density at radius 3 is 2.36 bits per heavy atom. The number of allylic oxidation sites excluding steroid dienone is 1. The molecular formula is C22H26N2O3S. The van der Waals surface area contributed by atoms with E-state index in [0.29, 0.717) is 17.8 Å². The lowest BCUT2D eigenvalue weighted by Crippen LogP contribution is -2.29. The third kappa shape index (κ3) is 5.45. The molecule has 148 valence electrons. The Morgan fingerprint density at radius 2 is 1.75 bits per heavy atom. The van der Waals surface area contributed by atoms with Crippen molar-refractivity contribution in [3.05, 3.63) is 77.4 Å². The molecule has 2 aromatic carbocycles. The minimum atomic E-state index is -3.45. The smallest absolute Gasteiger partial charge is 0.251 e. The van der Waals surface area contributed by atoms with Gasteiger partial charge in [-0.1, -0.05) is 42.0 Å². The molecule has 0 heterocycles. The molecule has 28 heavy (non-hydrogen) atoms. The molecule has 0 spiro atoms. The molecule has 0 saturated heterocycles. The summed E-state index contributed by atoms with van der Waals surface area (Å²) in [7, 11) is -3.45. The molecule has 1 amide bonds. The van der Waals surface area contributed by atoms with Crippen molar-refractivity contribution < 1.29 is 13.2 Å². The van der Waals surface area contributed by atoms with E-state index in [9.17, 15) is 13.2 Å². The Kier molecular flexibility index (Phi) is 6.52. The number of nitrogens with zero attached hydrogens (tertiary/aromatic N) is 1. The molecule has 6 heteroatoms. The van der Waals surface area contributed by atoms with Crippen LogP contribution in [0.3, 0.4) is 0 Å². The maximum absolute atomic E-state index is 12.4. The zero-order valence-electron chi connectivity index (χ0n) is 16.1. The van der Waals surface area contributed by atoms with Crippen molar-refractivity contribution in [2.75, 3.05) is 17.1 Å². The first-order chi connectivity index (χ1) is 13.4. The summed E-state index contributed by atoms with van der Waals surface area (Å²) in [6.07, 6.45) is 7.93. The zero-order chi connectivity index (χ0) is 20.0. The van der Waals surface area contributed by atoms with Gasteiger partial charge in [0.05, 0.1) is 18.5 Å². The van der Waals surface area contributed by atoms with Gasteiger partial charge in [0.25, 0.3) is 5.91 Å². The summed E-state index contributed by atoms with van der Waals surface area (Å²) in [5.41, 5.74) is 3.24. The van der Waals surface area contributed by atoms with Crippen LogP contribution in [0.5, 0.6) is 0 Å². The van der Waals surface area contributed by atoms with Crippen LogP contribution in [0.4, 0.5) is 5.69 Å². The van der Waals surface area contributed by atoms with Crippen LogP contribution in [-0.4, -0.2) is 27.1 Å². The SMILES string of the molecule is CS(=O)(=O)N(Cc1ccccc1)c1ccc(C(=O)NCC2=CCCCC2)cc1. The molecular weight excluding hydrogens is 372 g/mol. The molecule has 0 aromatic heterocycles. The van der Waals surface area contributed by atoms with E-state index >= 15 is 0 Å². The first-order valence-electron chi connectivity index (χ1n) is 9.51. The quantitative estimate of drug-likeness (QED) is 0.720. The second-order valence-electron chi connectivity index (χ2n) is 7.09. The van der Waals surface area contributed by atoms with Crippen LogP contribution in [0.1, 0.15) is 41.6 Å². The predicted molar refractivity (Wildman–Crippen MR) is 113 cm³/mol. The Labute approximate surface area is 167 Å². The summed E-state index contributed by atoms with van der Waals surface area (Å²) >= 11 is 0. The molecule has 0 unspecified atom stereocenters. The molecule has 2 aromatic rings. The maximum Gasteiger partial charge on any atom is 0.251 e. The lowest BCUT2D eigenvalue weighted by molar-refractivity contribution is 0.0956. The number of benzene rings is 2. The second-order valence-corrected chi connectivity index (χ2v) is 9.00. The topological polar surface area (TPSA) is 66.5 Å². The number of nitrogens with one attached hydrogen (secondary N) is 1. The van der Waals surface area contributed by atoms with Gasteiger partial charge in [-0.15, -0.1) is 0 Å². The first-order valence-corrected chi connectivity index (χ1v) is 11.4. The summed E-state index contributed by atoms with van der Waals surface area (Å²) in [5.74, 6) is -0.146. The van der Waals surface area contributed by atoms with Crippen molar-refractivity contribution in [1.82, 2.24) is 5.32 Å². The predicted octanol–water partition coefficient (Wildman–Crippen LogP) is 3.88. The highest BCUT2D eigenvalue weighted by Crippen LogP contribution is 2.21. The number of amides is 1. The van der Waals surface area contributed by atoms with Gasteiger partial charge in [0.1, 0.15) is 0 Å². The van der Waals surface area contributed by atoms with Crippen LogP contribution in [0.2, 0.25) is 0 Å². The van der Waals surface area contributed by atoms with Gasteiger partial charge in [0.2, 0.25) is 10.0 Å². The molecule has 0 bridgehead atoms. The first kappa shape index (κ1) is 20.1. The summed E-state index contributed by atoms with van der Waals surface area (Å²) < 4.78 is 25.9. The van der Waals surface area contributed by atoms with Gasteiger partial charge >= 0.3 is 0 Å². The minimum Gasteiger partial charge on any atom is -0.348 e. The largest absolute Gasteiger partial charge is 0.348 e. The highest BCUT2D eigenvalue weighted by Gasteiger charge is 2.18. The van der Waals surface area contributed by atoms with Crippen molar-refractivity contribution in [2.45, 2.75) is 32.2 Å².